The van der Waals surface area contributed by atoms with Crippen LogP contribution >= 0.6 is 0 Å². The SMILES string of the molecule is COc1ccc2c(O[C@@H]3C[C@H]4C(=O)N[C@]5(C(=O)NS(=O)(=O)C6(C)CC6)C[C@H]5C=CCC[C@H](C)C[C@@H](C)[C@H](N(CC5(C)CC5)C(=O)O)C(=O)N4C3)nc(-c3ccc(OC(C)C)c(F)c3)cc2c1. The van der Waals surface area contributed by atoms with Gasteiger partial charge in [-0.1, -0.05) is 32.9 Å². The molecule has 8 rings (SSSR count). The van der Waals surface area contributed by atoms with E-state index in [-0.39, 0.29) is 55.0 Å². The normalized spacial score (nSPS) is 28.0. The van der Waals surface area contributed by atoms with Gasteiger partial charge in [0.1, 0.15) is 29.5 Å². The maximum atomic E-state index is 15.4. The second-order valence-electron chi connectivity index (χ2n) is 20.3. The zero-order chi connectivity index (χ0) is 47.5. The molecule has 3 saturated carbocycles. The summed E-state index contributed by atoms with van der Waals surface area (Å²) in [5.41, 5.74) is -1.10. The number of benzene rings is 2. The molecule has 356 valence electrons. The molecule has 4 fully saturated rings. The first-order valence-electron chi connectivity index (χ1n) is 23.1. The zero-order valence-electron chi connectivity index (χ0n) is 38.8. The van der Waals surface area contributed by atoms with Crippen molar-refractivity contribution in [2.45, 2.75) is 134 Å². The number of carboxylic acid groups (broad SMARTS) is 1. The van der Waals surface area contributed by atoms with Crippen LogP contribution in [-0.4, -0.2) is 107 Å². The first kappa shape index (κ1) is 47.1. The summed E-state index contributed by atoms with van der Waals surface area (Å²) in [6.45, 7) is 11.1. The Hall–Kier alpha value is -5.45. The quantitative estimate of drug-likeness (QED) is 0.155. The molecule has 17 heteroatoms. The van der Waals surface area contributed by atoms with E-state index in [9.17, 15) is 27.9 Å². The Labute approximate surface area is 385 Å². The Morgan fingerprint density at radius 2 is 1.80 bits per heavy atom. The van der Waals surface area contributed by atoms with Gasteiger partial charge < -0.3 is 29.5 Å². The molecule has 7 atom stereocenters. The average molecular weight is 932 g/mol. The smallest absolute Gasteiger partial charge is 0.408 e. The van der Waals surface area contributed by atoms with Crippen molar-refractivity contribution >= 4 is 44.6 Å². The van der Waals surface area contributed by atoms with Crippen LogP contribution in [-0.2, 0) is 24.4 Å². The standard InChI is InChI=1S/C49H62FN5O10S/c1-28(2)64-40-15-12-31(22-37(40)50)38-23-32-21-34(63-7)13-14-36(32)43(51-38)65-35-24-39-42(56)52-49(45(58)53-66(61,62)48(6)18-19-48)25-33(49)11-9-8-10-29(3)20-30(4)41(44(57)54(39)26-35)55(46(59)60)27-47(5)16-17-47/h9,11-15,21-23,28-30,33,35,39,41H,8,10,16-20,24-27H2,1-7H3,(H,52,56)(H,53,58)(H,59,60)/t29-,30+,33+,35+,39-,41-,49+/m0/s1. The van der Waals surface area contributed by atoms with E-state index >= 15 is 9.18 Å². The maximum absolute atomic E-state index is 15.4. The van der Waals surface area contributed by atoms with E-state index in [0.717, 1.165) is 12.8 Å². The van der Waals surface area contributed by atoms with Crippen molar-refractivity contribution in [3.8, 4) is 28.6 Å². The number of hydrogen-bond acceptors (Lipinski definition) is 10. The summed E-state index contributed by atoms with van der Waals surface area (Å²) in [5, 5.41) is 14.9. The fourth-order valence-corrected chi connectivity index (χ4v) is 10.9. The van der Waals surface area contributed by atoms with Gasteiger partial charge in [-0.3, -0.25) is 24.0 Å². The molecule has 15 nitrogen and oxygen atoms in total. The van der Waals surface area contributed by atoms with E-state index < -0.39 is 80.0 Å². The van der Waals surface area contributed by atoms with Crippen LogP contribution in [0.1, 0.15) is 99.3 Å². The van der Waals surface area contributed by atoms with Crippen molar-refractivity contribution < 1.29 is 51.3 Å². The van der Waals surface area contributed by atoms with Gasteiger partial charge in [-0.2, -0.15) is 0 Å². The predicted molar refractivity (Wildman–Crippen MR) is 245 cm³/mol. The van der Waals surface area contributed by atoms with Gasteiger partial charge in [0.15, 0.2) is 11.6 Å². The number of methoxy groups -OCH3 is 1. The van der Waals surface area contributed by atoms with Crippen molar-refractivity contribution in [2.75, 3.05) is 20.2 Å². The van der Waals surface area contributed by atoms with E-state index in [4.69, 9.17) is 19.2 Å². The Bertz CT molecular complexity index is 2560. The summed E-state index contributed by atoms with van der Waals surface area (Å²) in [5.74, 6) is -2.78. The second-order valence-corrected chi connectivity index (χ2v) is 22.5. The predicted octanol–water partition coefficient (Wildman–Crippen LogP) is 7.22. The number of nitrogens with zero attached hydrogens (tertiary/aromatic N) is 3. The molecule has 1 aromatic heterocycles. The summed E-state index contributed by atoms with van der Waals surface area (Å²) in [6, 6.07) is 9.23. The molecule has 1 saturated heterocycles. The van der Waals surface area contributed by atoms with E-state index in [2.05, 4.69) is 17.0 Å². The van der Waals surface area contributed by atoms with Crippen LogP contribution in [0, 0.1) is 29.0 Å². The summed E-state index contributed by atoms with van der Waals surface area (Å²) in [4.78, 5) is 65.1. The van der Waals surface area contributed by atoms with Crippen LogP contribution < -0.4 is 24.2 Å². The molecular formula is C49H62FN5O10S. The van der Waals surface area contributed by atoms with Gasteiger partial charge >= 0.3 is 6.09 Å². The molecule has 3 N–H and O–H groups in total. The number of nitrogens with one attached hydrogen (secondary N) is 2. The van der Waals surface area contributed by atoms with Gasteiger partial charge in [0, 0.05) is 29.8 Å². The lowest BCUT2D eigenvalue weighted by atomic mass is 9.86. The minimum atomic E-state index is -4.07. The molecule has 4 amide bonds. The second kappa shape index (κ2) is 17.6. The van der Waals surface area contributed by atoms with Crippen LogP contribution in [0.4, 0.5) is 9.18 Å². The summed E-state index contributed by atoms with van der Waals surface area (Å²) < 4.78 is 61.2. The molecule has 66 heavy (non-hydrogen) atoms. The number of carbonyl (C=O) groups is 4. The number of halogens is 1. The minimum absolute atomic E-state index is 0.0755. The zero-order valence-corrected chi connectivity index (χ0v) is 39.6. The van der Waals surface area contributed by atoms with Gasteiger partial charge in [-0.05, 0) is 137 Å². The number of sulfonamides is 1. The maximum Gasteiger partial charge on any atom is 0.408 e. The van der Waals surface area contributed by atoms with Gasteiger partial charge in [0.25, 0.3) is 5.91 Å². The highest BCUT2D eigenvalue weighted by Crippen LogP contribution is 2.49. The molecule has 3 heterocycles. The summed E-state index contributed by atoms with van der Waals surface area (Å²) >= 11 is 0. The van der Waals surface area contributed by atoms with Crippen molar-refractivity contribution in [2.24, 2.45) is 23.2 Å². The minimum Gasteiger partial charge on any atom is -0.497 e. The van der Waals surface area contributed by atoms with E-state index in [1.54, 1.807) is 51.1 Å². The molecular weight excluding hydrogens is 870 g/mol. The number of ether oxygens (including phenoxy) is 3. The van der Waals surface area contributed by atoms with E-state index in [1.807, 2.05) is 26.0 Å². The first-order valence-corrected chi connectivity index (χ1v) is 24.6. The molecule has 2 aliphatic heterocycles. The van der Waals surface area contributed by atoms with Crippen molar-refractivity contribution in [3.63, 3.8) is 0 Å². The number of amides is 4. The largest absolute Gasteiger partial charge is 0.497 e. The molecule has 5 aliphatic rings. The first-order chi connectivity index (χ1) is 31.1. The van der Waals surface area contributed by atoms with Crippen LogP contribution in [0.3, 0.4) is 0 Å². The van der Waals surface area contributed by atoms with Gasteiger partial charge in [0.2, 0.25) is 27.7 Å². The average Bonchev–Trinajstić information content (AvgIpc) is 4.22. The molecule has 0 radical (unpaired) electrons. The fourth-order valence-electron chi connectivity index (χ4n) is 9.62. The topological polar surface area (TPSA) is 194 Å². The summed E-state index contributed by atoms with van der Waals surface area (Å²) in [7, 11) is -2.53. The number of fused-ring (bicyclic) bond motifs is 3. The number of carbonyl (C=O) groups excluding carboxylic acids is 3. The third kappa shape index (κ3) is 9.54. The number of rotatable bonds is 12. The highest BCUT2D eigenvalue weighted by Gasteiger charge is 2.63. The number of hydrogen-bond donors (Lipinski definition) is 3. The Kier molecular flexibility index (Phi) is 12.6. The molecule has 0 bridgehead atoms. The van der Waals surface area contributed by atoms with Crippen molar-refractivity contribution in [1.82, 2.24) is 24.8 Å². The Morgan fingerprint density at radius 3 is 2.45 bits per heavy atom. The van der Waals surface area contributed by atoms with Crippen LogP contribution in [0.25, 0.3) is 22.0 Å². The van der Waals surface area contributed by atoms with Gasteiger partial charge in [-0.25, -0.2) is 22.6 Å². The highest BCUT2D eigenvalue weighted by atomic mass is 32.2. The van der Waals surface area contributed by atoms with Crippen LogP contribution in [0.5, 0.6) is 17.4 Å². The van der Waals surface area contributed by atoms with Crippen molar-refractivity contribution in [3.05, 3.63) is 60.4 Å². The Balaban J connectivity index is 1.18. The molecule has 3 aromatic rings. The molecule has 2 aromatic carbocycles. The van der Waals surface area contributed by atoms with E-state index in [0.29, 0.717) is 59.9 Å². The van der Waals surface area contributed by atoms with Crippen molar-refractivity contribution in [1.29, 1.82) is 0 Å². The number of aromatic nitrogens is 1. The van der Waals surface area contributed by atoms with Gasteiger partial charge in [-0.15, -0.1) is 0 Å². The monoisotopic (exact) mass is 931 g/mol. The van der Waals surface area contributed by atoms with Gasteiger partial charge in [0.05, 0.1) is 30.2 Å². The molecule has 0 spiro atoms. The Morgan fingerprint density at radius 1 is 1.06 bits per heavy atom. The van der Waals surface area contributed by atoms with Crippen LogP contribution in [0.2, 0.25) is 0 Å². The fraction of sp³-hybridized carbons (Fsp3) is 0.571. The summed E-state index contributed by atoms with van der Waals surface area (Å²) in [6.07, 6.45) is 5.81. The highest BCUT2D eigenvalue weighted by molar-refractivity contribution is 7.91. The third-order valence-corrected chi connectivity index (χ3v) is 16.5. The molecule has 3 aliphatic carbocycles. The lowest BCUT2D eigenvalue weighted by molar-refractivity contribution is -0.144. The number of allylic oxidation sites excluding steroid dienone is 1. The van der Waals surface area contributed by atoms with Crippen LogP contribution in [0.15, 0.2) is 54.6 Å². The lowest BCUT2D eigenvalue weighted by Crippen LogP contribution is -2.60. The third-order valence-electron chi connectivity index (χ3n) is 14.3. The lowest BCUT2D eigenvalue weighted by Gasteiger charge is -2.38. The number of pyridine rings is 1. The molecule has 0 unspecified atom stereocenters. The van der Waals surface area contributed by atoms with E-state index in [1.165, 1.54) is 29.0 Å².